The zero-order valence-electron chi connectivity index (χ0n) is 20.1. The van der Waals surface area contributed by atoms with Gasteiger partial charge in [-0.1, -0.05) is 12.1 Å². The van der Waals surface area contributed by atoms with E-state index in [-0.39, 0.29) is 16.3 Å². The third-order valence-corrected chi connectivity index (χ3v) is 7.22. The van der Waals surface area contributed by atoms with Crippen molar-refractivity contribution in [3.63, 3.8) is 0 Å². The van der Waals surface area contributed by atoms with Gasteiger partial charge in [0.25, 0.3) is 15.6 Å². The lowest BCUT2D eigenvalue weighted by atomic mass is 10.0. The Morgan fingerprint density at radius 2 is 1.66 bits per heavy atom. The fraction of sp³-hybridized carbons (Fsp3) is 0.0741. The molecule has 1 N–H and O–H groups in total. The van der Waals surface area contributed by atoms with E-state index in [0.717, 1.165) is 12.1 Å². The van der Waals surface area contributed by atoms with Crippen molar-refractivity contribution in [3.05, 3.63) is 107 Å². The number of ether oxygens (including phenoxy) is 1. The van der Waals surface area contributed by atoms with Crippen molar-refractivity contribution >= 4 is 26.7 Å². The molecule has 3 aromatic carbocycles. The van der Waals surface area contributed by atoms with Gasteiger partial charge >= 0.3 is 0 Å². The van der Waals surface area contributed by atoms with Gasteiger partial charge in [0.15, 0.2) is 11.6 Å². The number of methoxy groups -OCH3 is 1. The zero-order chi connectivity index (χ0) is 27.0. The molecule has 0 saturated heterocycles. The number of hydrogen-bond acceptors (Lipinski definition) is 6. The maximum atomic E-state index is 13.8. The second kappa shape index (κ2) is 9.67. The number of benzene rings is 3. The van der Waals surface area contributed by atoms with E-state index >= 15 is 0 Å². The fourth-order valence-corrected chi connectivity index (χ4v) is 5.10. The highest BCUT2D eigenvalue weighted by Gasteiger charge is 2.18. The van der Waals surface area contributed by atoms with E-state index in [9.17, 15) is 22.0 Å². The first-order valence-electron chi connectivity index (χ1n) is 11.3. The molecule has 0 radical (unpaired) electrons. The lowest BCUT2D eigenvalue weighted by Gasteiger charge is -2.16. The van der Waals surface area contributed by atoms with Crippen LogP contribution in [0.5, 0.6) is 5.75 Å². The number of hydrogen-bond donors (Lipinski definition) is 1. The highest BCUT2D eigenvalue weighted by molar-refractivity contribution is 7.92. The first-order chi connectivity index (χ1) is 18.2. The molecule has 0 aliphatic rings. The molecule has 8 nitrogen and oxygen atoms in total. The molecule has 5 rings (SSSR count). The average molecular weight is 535 g/mol. The second-order valence-corrected chi connectivity index (χ2v) is 10.0. The van der Waals surface area contributed by atoms with E-state index in [1.165, 1.54) is 60.3 Å². The summed E-state index contributed by atoms with van der Waals surface area (Å²) < 4.78 is 62.5. The van der Waals surface area contributed by atoms with Gasteiger partial charge < -0.3 is 4.74 Å². The van der Waals surface area contributed by atoms with Gasteiger partial charge in [-0.15, -0.1) is 0 Å². The minimum absolute atomic E-state index is 0.0212. The maximum absolute atomic E-state index is 13.8. The zero-order valence-corrected chi connectivity index (χ0v) is 21.0. The molecule has 0 spiro atoms. The third kappa shape index (κ3) is 4.71. The van der Waals surface area contributed by atoms with Crippen LogP contribution in [0.25, 0.3) is 27.7 Å². The summed E-state index contributed by atoms with van der Waals surface area (Å²) in [4.78, 5) is 21.0. The summed E-state index contributed by atoms with van der Waals surface area (Å²) in [7, 11) is -2.55. The Labute approximate surface area is 216 Å². The molecule has 0 amide bonds. The number of nitrogens with one attached hydrogen (secondary N) is 1. The summed E-state index contributed by atoms with van der Waals surface area (Å²) in [5.41, 5.74) is 1.44. The molecule has 2 heterocycles. The summed E-state index contributed by atoms with van der Waals surface area (Å²) >= 11 is 0. The number of aryl methyl sites for hydroxylation is 1. The van der Waals surface area contributed by atoms with E-state index in [0.29, 0.717) is 39.3 Å². The normalized spacial score (nSPS) is 11.5. The lowest BCUT2D eigenvalue weighted by Crippen LogP contribution is -2.19. The van der Waals surface area contributed by atoms with E-state index < -0.39 is 21.7 Å². The molecular formula is C27H20F2N4O4S. The van der Waals surface area contributed by atoms with Crippen LogP contribution in [-0.4, -0.2) is 30.1 Å². The van der Waals surface area contributed by atoms with Crippen LogP contribution < -0.4 is 15.0 Å². The molecule has 0 aliphatic heterocycles. The van der Waals surface area contributed by atoms with Gasteiger partial charge in [-0.3, -0.25) is 14.1 Å². The number of halogens is 2. The Bertz CT molecular complexity index is 1870. The molecule has 38 heavy (non-hydrogen) atoms. The predicted octanol–water partition coefficient (Wildman–Crippen LogP) is 4.84. The van der Waals surface area contributed by atoms with Crippen molar-refractivity contribution in [3.8, 4) is 22.6 Å². The topological polar surface area (TPSA) is 103 Å². The van der Waals surface area contributed by atoms with Crippen LogP contribution in [-0.2, 0) is 10.0 Å². The molecule has 0 bridgehead atoms. The summed E-state index contributed by atoms with van der Waals surface area (Å²) in [6, 6.07) is 17.1. The maximum Gasteiger partial charge on any atom is 0.263 e. The van der Waals surface area contributed by atoms with E-state index in [1.54, 1.807) is 25.1 Å². The van der Waals surface area contributed by atoms with Crippen molar-refractivity contribution in [2.75, 3.05) is 11.8 Å². The first kappa shape index (κ1) is 25.0. The van der Waals surface area contributed by atoms with Gasteiger partial charge in [-0.2, -0.15) is 0 Å². The molecule has 5 aromatic rings. The van der Waals surface area contributed by atoms with Crippen LogP contribution in [0.2, 0.25) is 0 Å². The van der Waals surface area contributed by atoms with Crippen molar-refractivity contribution < 1.29 is 21.9 Å². The van der Waals surface area contributed by atoms with E-state index in [4.69, 9.17) is 4.74 Å². The minimum atomic E-state index is -3.97. The highest BCUT2D eigenvalue weighted by atomic mass is 32.2. The number of nitrogens with zero attached hydrogens (tertiary/aromatic N) is 3. The van der Waals surface area contributed by atoms with Crippen molar-refractivity contribution in [2.45, 2.75) is 11.8 Å². The molecule has 0 fully saturated rings. The van der Waals surface area contributed by atoms with Crippen LogP contribution >= 0.6 is 0 Å². The molecular weight excluding hydrogens is 514 g/mol. The summed E-state index contributed by atoms with van der Waals surface area (Å²) in [5, 5.41) is 0.484. The van der Waals surface area contributed by atoms with Crippen LogP contribution in [0.1, 0.15) is 5.82 Å². The largest absolute Gasteiger partial charge is 0.495 e. The SMILES string of the molecule is COc1cc(-c2ccc(F)c(F)c2)ccc1-n1c(=O)ccc2cc(S(=O)(=O)Nc3ccnc(C)n3)ccc21. The monoisotopic (exact) mass is 534 g/mol. The van der Waals surface area contributed by atoms with Gasteiger partial charge in [0.05, 0.1) is 23.2 Å². The highest BCUT2D eigenvalue weighted by Crippen LogP contribution is 2.32. The van der Waals surface area contributed by atoms with Gasteiger partial charge in [0.2, 0.25) is 0 Å². The molecule has 0 saturated carbocycles. The van der Waals surface area contributed by atoms with Gasteiger partial charge in [0, 0.05) is 17.6 Å². The predicted molar refractivity (Wildman–Crippen MR) is 139 cm³/mol. The van der Waals surface area contributed by atoms with Crippen LogP contribution in [0.15, 0.2) is 88.7 Å². The summed E-state index contributed by atoms with van der Waals surface area (Å²) in [6.45, 7) is 1.64. The summed E-state index contributed by atoms with van der Waals surface area (Å²) in [5.74, 6) is -1.08. The molecule has 0 aliphatic carbocycles. The fourth-order valence-electron chi connectivity index (χ4n) is 4.07. The number of rotatable bonds is 6. The minimum Gasteiger partial charge on any atom is -0.495 e. The number of pyridine rings is 1. The second-order valence-electron chi connectivity index (χ2n) is 8.34. The molecule has 2 aromatic heterocycles. The van der Waals surface area contributed by atoms with Gasteiger partial charge in [0.1, 0.15) is 17.4 Å². The van der Waals surface area contributed by atoms with Gasteiger partial charge in [-0.25, -0.2) is 27.2 Å². The summed E-state index contributed by atoms with van der Waals surface area (Å²) in [6.07, 6.45) is 1.45. The Morgan fingerprint density at radius 3 is 2.39 bits per heavy atom. The van der Waals surface area contributed by atoms with Crippen molar-refractivity contribution in [1.29, 1.82) is 0 Å². The number of anilines is 1. The molecule has 0 unspecified atom stereocenters. The lowest BCUT2D eigenvalue weighted by molar-refractivity contribution is 0.413. The quantitative estimate of drug-likeness (QED) is 0.334. The molecule has 11 heteroatoms. The average Bonchev–Trinajstić information content (AvgIpc) is 2.89. The van der Waals surface area contributed by atoms with Crippen LogP contribution in [0, 0.1) is 18.6 Å². The Kier molecular flexibility index (Phi) is 6.37. The van der Waals surface area contributed by atoms with Crippen LogP contribution in [0.3, 0.4) is 0 Å². The third-order valence-electron chi connectivity index (χ3n) is 5.86. The smallest absolute Gasteiger partial charge is 0.263 e. The van der Waals surface area contributed by atoms with Gasteiger partial charge in [-0.05, 0) is 72.6 Å². The Balaban J connectivity index is 1.58. The molecule has 0 atom stereocenters. The van der Waals surface area contributed by atoms with E-state index in [2.05, 4.69) is 14.7 Å². The Hall–Kier alpha value is -4.64. The first-order valence-corrected chi connectivity index (χ1v) is 12.8. The number of aromatic nitrogens is 3. The number of fused-ring (bicyclic) bond motifs is 1. The van der Waals surface area contributed by atoms with Crippen molar-refractivity contribution in [1.82, 2.24) is 14.5 Å². The number of sulfonamides is 1. The van der Waals surface area contributed by atoms with E-state index in [1.807, 2.05) is 0 Å². The van der Waals surface area contributed by atoms with Crippen molar-refractivity contribution in [2.24, 2.45) is 0 Å². The van der Waals surface area contributed by atoms with Crippen LogP contribution in [0.4, 0.5) is 14.6 Å². The standard InChI is InChI=1S/C27H20F2N4O4S/c1-16-30-12-11-26(31-16)32-38(35,36)20-6-9-23-19(13-20)5-10-27(34)33(23)24-8-4-18(15-25(24)37-2)17-3-7-21(28)22(29)14-17/h3-15H,1-2H3,(H,30,31,32). The molecule has 192 valence electrons. The Morgan fingerprint density at radius 1 is 0.895 bits per heavy atom.